The van der Waals surface area contributed by atoms with Crippen molar-refractivity contribution in [2.24, 2.45) is 11.8 Å². The lowest BCUT2D eigenvalue weighted by Crippen LogP contribution is -2.48. The van der Waals surface area contributed by atoms with Gasteiger partial charge >= 0.3 is 0 Å². The lowest BCUT2D eigenvalue weighted by atomic mass is 9.83. The van der Waals surface area contributed by atoms with Crippen LogP contribution in [0.5, 0.6) is 0 Å². The zero-order valence-corrected chi connectivity index (χ0v) is 13.2. The maximum absolute atomic E-state index is 3.91. The molecule has 2 heteroatoms. The second kappa shape index (κ2) is 8.16. The number of hydrogen-bond donors (Lipinski definition) is 1. The molecule has 1 rings (SSSR count). The summed E-state index contributed by atoms with van der Waals surface area (Å²) < 4.78 is 0. The van der Waals surface area contributed by atoms with Crippen LogP contribution in [0.2, 0.25) is 0 Å². The molecule has 0 amide bonds. The SMILES string of the molecule is CCCC1CCC(NC(CN(C)C)C(C)C)CC1. The summed E-state index contributed by atoms with van der Waals surface area (Å²) in [7, 11) is 4.35. The van der Waals surface area contributed by atoms with Crippen molar-refractivity contribution in [3.63, 3.8) is 0 Å². The molecule has 0 spiro atoms. The van der Waals surface area contributed by atoms with Crippen LogP contribution in [0.15, 0.2) is 0 Å². The lowest BCUT2D eigenvalue weighted by molar-refractivity contribution is 0.219. The van der Waals surface area contributed by atoms with Gasteiger partial charge in [-0.2, -0.15) is 0 Å². The minimum atomic E-state index is 0.646. The summed E-state index contributed by atoms with van der Waals surface area (Å²) in [4.78, 5) is 2.31. The van der Waals surface area contributed by atoms with Gasteiger partial charge in [0.2, 0.25) is 0 Å². The van der Waals surface area contributed by atoms with E-state index in [1.165, 1.54) is 38.5 Å². The van der Waals surface area contributed by atoms with E-state index in [-0.39, 0.29) is 0 Å². The van der Waals surface area contributed by atoms with Crippen LogP contribution in [0.25, 0.3) is 0 Å². The molecule has 1 unspecified atom stereocenters. The van der Waals surface area contributed by atoms with Gasteiger partial charge in [-0.25, -0.2) is 0 Å². The zero-order valence-electron chi connectivity index (χ0n) is 13.2. The van der Waals surface area contributed by atoms with E-state index in [2.05, 4.69) is 45.1 Å². The van der Waals surface area contributed by atoms with E-state index in [4.69, 9.17) is 0 Å². The maximum atomic E-state index is 3.91. The highest BCUT2D eigenvalue weighted by molar-refractivity contribution is 4.82. The van der Waals surface area contributed by atoms with Crippen molar-refractivity contribution in [2.45, 2.75) is 71.4 Å². The number of likely N-dealkylation sites (N-methyl/N-ethyl adjacent to an activating group) is 1. The van der Waals surface area contributed by atoms with Crippen molar-refractivity contribution in [3.8, 4) is 0 Å². The van der Waals surface area contributed by atoms with Gasteiger partial charge in [-0.1, -0.05) is 33.6 Å². The Kier molecular flexibility index (Phi) is 7.25. The maximum Gasteiger partial charge on any atom is 0.0220 e. The topological polar surface area (TPSA) is 15.3 Å². The van der Waals surface area contributed by atoms with Gasteiger partial charge in [0.15, 0.2) is 0 Å². The summed E-state index contributed by atoms with van der Waals surface area (Å²) in [6.45, 7) is 8.15. The van der Waals surface area contributed by atoms with E-state index < -0.39 is 0 Å². The minimum absolute atomic E-state index is 0.646. The number of rotatable bonds is 7. The van der Waals surface area contributed by atoms with Gasteiger partial charge in [-0.15, -0.1) is 0 Å². The molecule has 108 valence electrons. The molecule has 1 atom stereocenters. The molecular weight excluding hydrogens is 220 g/mol. The fraction of sp³-hybridized carbons (Fsp3) is 1.00. The summed E-state index contributed by atoms with van der Waals surface area (Å²) in [6.07, 6.45) is 8.47. The Hall–Kier alpha value is -0.0800. The third-order valence-corrected chi connectivity index (χ3v) is 4.36. The van der Waals surface area contributed by atoms with Gasteiger partial charge in [-0.3, -0.25) is 0 Å². The Morgan fingerprint density at radius 3 is 2.17 bits per heavy atom. The summed E-state index contributed by atoms with van der Waals surface area (Å²) in [5, 5.41) is 3.91. The third-order valence-electron chi connectivity index (χ3n) is 4.36. The highest BCUT2D eigenvalue weighted by Crippen LogP contribution is 2.28. The van der Waals surface area contributed by atoms with Crippen LogP contribution in [0, 0.1) is 11.8 Å². The first-order valence-electron chi connectivity index (χ1n) is 7.93. The molecule has 0 saturated heterocycles. The molecule has 0 aromatic rings. The molecule has 1 aliphatic carbocycles. The Morgan fingerprint density at radius 1 is 1.11 bits per heavy atom. The fourth-order valence-corrected chi connectivity index (χ4v) is 3.18. The highest BCUT2D eigenvalue weighted by atomic mass is 15.1. The molecule has 1 aliphatic rings. The van der Waals surface area contributed by atoms with E-state index >= 15 is 0 Å². The van der Waals surface area contributed by atoms with E-state index in [1.54, 1.807) is 0 Å². The van der Waals surface area contributed by atoms with Crippen LogP contribution in [-0.4, -0.2) is 37.6 Å². The van der Waals surface area contributed by atoms with Crippen molar-refractivity contribution >= 4 is 0 Å². The van der Waals surface area contributed by atoms with Gasteiger partial charge < -0.3 is 10.2 Å². The van der Waals surface area contributed by atoms with Crippen molar-refractivity contribution in [1.82, 2.24) is 10.2 Å². The van der Waals surface area contributed by atoms with E-state index in [1.807, 2.05) is 0 Å². The third kappa shape index (κ3) is 5.71. The minimum Gasteiger partial charge on any atom is -0.310 e. The predicted molar refractivity (Wildman–Crippen MR) is 81.0 cm³/mol. The van der Waals surface area contributed by atoms with Gasteiger partial charge in [0.05, 0.1) is 0 Å². The summed E-state index contributed by atoms with van der Waals surface area (Å²) >= 11 is 0. The molecule has 1 fully saturated rings. The average Bonchev–Trinajstić information content (AvgIpc) is 2.30. The summed E-state index contributed by atoms with van der Waals surface area (Å²) in [5.74, 6) is 1.74. The van der Waals surface area contributed by atoms with Crippen molar-refractivity contribution in [2.75, 3.05) is 20.6 Å². The first kappa shape index (κ1) is 16.0. The van der Waals surface area contributed by atoms with Crippen LogP contribution >= 0.6 is 0 Å². The second-order valence-corrected chi connectivity index (χ2v) is 6.79. The van der Waals surface area contributed by atoms with Crippen molar-refractivity contribution in [1.29, 1.82) is 0 Å². The van der Waals surface area contributed by atoms with Crippen LogP contribution in [-0.2, 0) is 0 Å². The van der Waals surface area contributed by atoms with Crippen LogP contribution in [0.4, 0.5) is 0 Å². The normalized spacial score (nSPS) is 26.8. The average molecular weight is 254 g/mol. The number of nitrogens with zero attached hydrogens (tertiary/aromatic N) is 1. The largest absolute Gasteiger partial charge is 0.310 e. The van der Waals surface area contributed by atoms with Crippen LogP contribution in [0.1, 0.15) is 59.3 Å². The molecule has 2 nitrogen and oxygen atoms in total. The van der Waals surface area contributed by atoms with Crippen molar-refractivity contribution in [3.05, 3.63) is 0 Å². The summed E-state index contributed by atoms with van der Waals surface area (Å²) in [6, 6.07) is 1.41. The fourth-order valence-electron chi connectivity index (χ4n) is 3.18. The summed E-state index contributed by atoms with van der Waals surface area (Å²) in [5.41, 5.74) is 0. The van der Waals surface area contributed by atoms with Crippen LogP contribution in [0.3, 0.4) is 0 Å². The Balaban J connectivity index is 2.33. The number of hydrogen-bond acceptors (Lipinski definition) is 2. The predicted octanol–water partition coefficient (Wildman–Crippen LogP) is 3.52. The lowest BCUT2D eigenvalue weighted by Gasteiger charge is -2.34. The van der Waals surface area contributed by atoms with E-state index in [0.717, 1.165) is 24.4 Å². The van der Waals surface area contributed by atoms with Gasteiger partial charge in [0.25, 0.3) is 0 Å². The van der Waals surface area contributed by atoms with Crippen LogP contribution < -0.4 is 5.32 Å². The Bertz CT molecular complexity index is 205. The molecule has 0 aliphatic heterocycles. The van der Waals surface area contributed by atoms with E-state index in [0.29, 0.717) is 6.04 Å². The monoisotopic (exact) mass is 254 g/mol. The van der Waals surface area contributed by atoms with E-state index in [9.17, 15) is 0 Å². The highest BCUT2D eigenvalue weighted by Gasteiger charge is 2.24. The van der Waals surface area contributed by atoms with Gasteiger partial charge in [0, 0.05) is 18.6 Å². The molecule has 0 radical (unpaired) electrons. The quantitative estimate of drug-likeness (QED) is 0.748. The first-order chi connectivity index (χ1) is 8.52. The molecule has 0 aromatic heterocycles. The Morgan fingerprint density at radius 2 is 1.72 bits per heavy atom. The molecular formula is C16H34N2. The molecule has 1 saturated carbocycles. The molecule has 1 N–H and O–H groups in total. The smallest absolute Gasteiger partial charge is 0.0220 e. The van der Waals surface area contributed by atoms with Gasteiger partial charge in [0.1, 0.15) is 0 Å². The van der Waals surface area contributed by atoms with Crippen molar-refractivity contribution < 1.29 is 0 Å². The molecule has 18 heavy (non-hydrogen) atoms. The number of nitrogens with one attached hydrogen (secondary N) is 1. The molecule has 0 aromatic carbocycles. The molecule has 0 heterocycles. The van der Waals surface area contributed by atoms with Gasteiger partial charge in [-0.05, 0) is 51.6 Å². The molecule has 0 bridgehead atoms. The second-order valence-electron chi connectivity index (χ2n) is 6.79. The Labute approximate surface area is 115 Å². The zero-order chi connectivity index (χ0) is 13.5. The first-order valence-corrected chi connectivity index (χ1v) is 7.93. The standard InChI is InChI=1S/C16H34N2/c1-6-7-14-8-10-15(11-9-14)17-16(13(2)3)12-18(4)5/h13-17H,6-12H2,1-5H3.